The van der Waals surface area contributed by atoms with Crippen LogP contribution >= 0.6 is 0 Å². The highest BCUT2D eigenvalue weighted by atomic mass is 16.5. The lowest BCUT2D eigenvalue weighted by Gasteiger charge is -2.32. The van der Waals surface area contributed by atoms with E-state index in [-0.39, 0.29) is 12.2 Å². The predicted octanol–water partition coefficient (Wildman–Crippen LogP) is 3.91. The average molecular weight is 270 g/mol. The lowest BCUT2D eigenvalue weighted by molar-refractivity contribution is 0.0285. The molecule has 0 spiro atoms. The molecule has 3 rings (SSSR count). The van der Waals surface area contributed by atoms with E-state index < -0.39 is 0 Å². The highest BCUT2D eigenvalue weighted by Crippen LogP contribution is 2.46. The number of rotatable bonds is 3. The number of hydrogen-bond acceptors (Lipinski definition) is 3. The first-order valence-electron chi connectivity index (χ1n) is 6.74. The van der Waals surface area contributed by atoms with Crippen LogP contribution in [0.5, 0.6) is 11.5 Å². The van der Waals surface area contributed by atoms with E-state index in [9.17, 15) is 0 Å². The van der Waals surface area contributed by atoms with Crippen LogP contribution in [0.1, 0.15) is 29.8 Å². The number of para-hydroxylation sites is 1. The van der Waals surface area contributed by atoms with Crippen LogP contribution in [-0.2, 0) is 4.74 Å². The first-order valence-corrected chi connectivity index (χ1v) is 6.74. The van der Waals surface area contributed by atoms with E-state index in [1.807, 2.05) is 36.4 Å². The zero-order valence-corrected chi connectivity index (χ0v) is 11.7. The molecule has 2 aromatic carbocycles. The third-order valence-corrected chi connectivity index (χ3v) is 3.72. The van der Waals surface area contributed by atoms with E-state index in [0.717, 1.165) is 29.0 Å². The van der Waals surface area contributed by atoms with Gasteiger partial charge in [0.05, 0.1) is 13.2 Å². The van der Waals surface area contributed by atoms with Crippen molar-refractivity contribution in [1.29, 1.82) is 0 Å². The Balaban J connectivity index is 2.01. The molecule has 1 aliphatic rings. The van der Waals surface area contributed by atoms with Crippen molar-refractivity contribution in [2.24, 2.45) is 0 Å². The Kier molecular flexibility index (Phi) is 3.61. The minimum atomic E-state index is -0.00931. The summed E-state index contributed by atoms with van der Waals surface area (Å²) in [6.07, 6.45) is 0.824. The average Bonchev–Trinajstić information content (AvgIpc) is 2.54. The van der Waals surface area contributed by atoms with Crippen molar-refractivity contribution < 1.29 is 14.2 Å². The fraction of sp³-hybridized carbons (Fsp3) is 0.294. The van der Waals surface area contributed by atoms with Gasteiger partial charge in [-0.1, -0.05) is 42.5 Å². The summed E-state index contributed by atoms with van der Waals surface area (Å²) in [6.45, 7) is 0. The van der Waals surface area contributed by atoms with E-state index in [0.29, 0.717) is 0 Å². The molecule has 0 fully saturated rings. The molecule has 1 heterocycles. The Bertz CT molecular complexity index is 580. The quantitative estimate of drug-likeness (QED) is 0.846. The van der Waals surface area contributed by atoms with Crippen molar-refractivity contribution >= 4 is 0 Å². The van der Waals surface area contributed by atoms with E-state index in [1.54, 1.807) is 14.2 Å². The van der Waals surface area contributed by atoms with Crippen LogP contribution in [0.2, 0.25) is 0 Å². The molecule has 104 valence electrons. The molecular weight excluding hydrogens is 252 g/mol. The molecule has 0 radical (unpaired) electrons. The molecule has 0 saturated heterocycles. The van der Waals surface area contributed by atoms with Crippen molar-refractivity contribution in [3.8, 4) is 11.5 Å². The molecule has 0 bridgehead atoms. The number of benzene rings is 2. The molecule has 0 amide bonds. The van der Waals surface area contributed by atoms with Crippen molar-refractivity contribution in [3.05, 3.63) is 59.7 Å². The van der Waals surface area contributed by atoms with Gasteiger partial charge in [-0.2, -0.15) is 0 Å². The largest absolute Gasteiger partial charge is 0.493 e. The van der Waals surface area contributed by atoms with E-state index in [2.05, 4.69) is 12.1 Å². The fourth-order valence-corrected chi connectivity index (χ4v) is 2.68. The van der Waals surface area contributed by atoms with Crippen LogP contribution in [0.15, 0.2) is 48.5 Å². The van der Waals surface area contributed by atoms with Gasteiger partial charge in [0.25, 0.3) is 0 Å². The number of fused-ring (bicyclic) bond motifs is 1. The van der Waals surface area contributed by atoms with Gasteiger partial charge < -0.3 is 14.2 Å². The zero-order chi connectivity index (χ0) is 13.9. The van der Waals surface area contributed by atoms with Gasteiger partial charge in [-0.3, -0.25) is 0 Å². The number of hydrogen-bond donors (Lipinski definition) is 0. The Morgan fingerprint density at radius 2 is 1.80 bits per heavy atom. The molecule has 2 unspecified atom stereocenters. The second kappa shape index (κ2) is 5.55. The maximum absolute atomic E-state index is 6.17. The lowest BCUT2D eigenvalue weighted by atomic mass is 9.94. The van der Waals surface area contributed by atoms with Gasteiger partial charge in [0, 0.05) is 19.1 Å². The second-order valence-corrected chi connectivity index (χ2v) is 4.86. The van der Waals surface area contributed by atoms with Crippen LogP contribution in [0, 0.1) is 0 Å². The first-order chi connectivity index (χ1) is 9.83. The van der Waals surface area contributed by atoms with Gasteiger partial charge in [-0.25, -0.2) is 0 Å². The highest BCUT2D eigenvalue weighted by Gasteiger charge is 2.31. The maximum Gasteiger partial charge on any atom is 0.167 e. The molecule has 0 aliphatic carbocycles. The summed E-state index contributed by atoms with van der Waals surface area (Å²) in [7, 11) is 3.40. The zero-order valence-electron chi connectivity index (χ0n) is 11.7. The minimum absolute atomic E-state index is 0.00931. The molecule has 0 N–H and O–H groups in total. The van der Waals surface area contributed by atoms with E-state index in [1.165, 1.54) is 0 Å². The monoisotopic (exact) mass is 270 g/mol. The Morgan fingerprint density at radius 3 is 2.50 bits per heavy atom. The van der Waals surface area contributed by atoms with Crippen molar-refractivity contribution in [1.82, 2.24) is 0 Å². The van der Waals surface area contributed by atoms with Crippen molar-refractivity contribution in [2.75, 3.05) is 14.2 Å². The molecule has 2 aromatic rings. The van der Waals surface area contributed by atoms with Crippen LogP contribution in [0.4, 0.5) is 0 Å². The van der Waals surface area contributed by atoms with Gasteiger partial charge >= 0.3 is 0 Å². The summed E-state index contributed by atoms with van der Waals surface area (Å²) in [6, 6.07) is 16.1. The van der Waals surface area contributed by atoms with Gasteiger partial charge in [-0.15, -0.1) is 0 Å². The highest BCUT2D eigenvalue weighted by molar-refractivity contribution is 5.49. The Hall–Kier alpha value is -2.00. The fourth-order valence-electron chi connectivity index (χ4n) is 2.68. The lowest BCUT2D eigenvalue weighted by Crippen LogP contribution is -2.20. The molecule has 1 aliphatic heterocycles. The molecular formula is C17H18O3. The summed E-state index contributed by atoms with van der Waals surface area (Å²) >= 11 is 0. The third kappa shape index (κ3) is 2.25. The smallest absolute Gasteiger partial charge is 0.167 e. The molecule has 2 atom stereocenters. The minimum Gasteiger partial charge on any atom is -0.493 e. The Morgan fingerprint density at radius 1 is 1.00 bits per heavy atom. The number of ether oxygens (including phenoxy) is 3. The molecule has 3 nitrogen and oxygen atoms in total. The standard InChI is InChI=1S/C17H18O3/c1-18-14-10-6-9-13-16(19-2)11-15(20-17(13)14)12-7-4-3-5-8-12/h3-10,15-16H,11H2,1-2H3. The van der Waals surface area contributed by atoms with Gasteiger partial charge in [-0.05, 0) is 11.6 Å². The second-order valence-electron chi connectivity index (χ2n) is 4.86. The van der Waals surface area contributed by atoms with Gasteiger partial charge in [0.15, 0.2) is 11.5 Å². The topological polar surface area (TPSA) is 27.7 Å². The summed E-state index contributed by atoms with van der Waals surface area (Å²) in [5.41, 5.74) is 2.21. The normalized spacial score (nSPS) is 20.9. The Labute approximate surface area is 119 Å². The molecule has 3 heteroatoms. The van der Waals surface area contributed by atoms with Crippen molar-refractivity contribution in [2.45, 2.75) is 18.6 Å². The third-order valence-electron chi connectivity index (χ3n) is 3.72. The molecule has 20 heavy (non-hydrogen) atoms. The first kappa shape index (κ1) is 13.0. The predicted molar refractivity (Wildman–Crippen MR) is 77.2 cm³/mol. The summed E-state index contributed by atoms with van der Waals surface area (Å²) < 4.78 is 17.2. The SMILES string of the molecule is COc1cccc2c1OC(c1ccccc1)CC2OC. The van der Waals surface area contributed by atoms with Crippen LogP contribution < -0.4 is 9.47 Å². The van der Waals surface area contributed by atoms with Crippen LogP contribution in [0.25, 0.3) is 0 Å². The van der Waals surface area contributed by atoms with E-state index in [4.69, 9.17) is 14.2 Å². The van der Waals surface area contributed by atoms with Gasteiger partial charge in [0.2, 0.25) is 0 Å². The summed E-state index contributed by atoms with van der Waals surface area (Å²) in [5.74, 6) is 1.55. The maximum atomic E-state index is 6.17. The van der Waals surface area contributed by atoms with Crippen LogP contribution in [-0.4, -0.2) is 14.2 Å². The van der Waals surface area contributed by atoms with E-state index >= 15 is 0 Å². The van der Waals surface area contributed by atoms with Gasteiger partial charge in [0.1, 0.15) is 6.10 Å². The molecule has 0 aromatic heterocycles. The number of methoxy groups -OCH3 is 2. The molecule has 0 saturated carbocycles. The summed E-state index contributed by atoms with van der Waals surface area (Å²) in [4.78, 5) is 0. The summed E-state index contributed by atoms with van der Waals surface area (Å²) in [5, 5.41) is 0. The van der Waals surface area contributed by atoms with Crippen molar-refractivity contribution in [3.63, 3.8) is 0 Å². The van der Waals surface area contributed by atoms with Crippen LogP contribution in [0.3, 0.4) is 0 Å².